The first-order valence-corrected chi connectivity index (χ1v) is 8.10. The smallest absolute Gasteiger partial charge is 0.206 e. The van der Waals surface area contributed by atoms with Crippen LogP contribution in [0.15, 0.2) is 42.5 Å². The summed E-state index contributed by atoms with van der Waals surface area (Å²) in [5, 5.41) is 0. The van der Waals surface area contributed by atoms with E-state index in [9.17, 15) is 22.0 Å². The van der Waals surface area contributed by atoms with Gasteiger partial charge in [0.1, 0.15) is 11.6 Å². The van der Waals surface area contributed by atoms with Crippen molar-refractivity contribution in [2.45, 2.75) is 38.8 Å². The molecule has 0 heterocycles. The Morgan fingerprint density at radius 1 is 0.800 bits per heavy atom. The molecule has 134 valence electrons. The fraction of sp³-hybridized carbons (Fsp3) is 0.300. The quantitative estimate of drug-likeness (QED) is 0.536. The second kappa shape index (κ2) is 8.28. The van der Waals surface area contributed by atoms with E-state index in [1.54, 1.807) is 0 Å². The molecule has 2 rings (SSSR count). The highest BCUT2D eigenvalue weighted by Gasteiger charge is 2.22. The average Bonchev–Trinajstić information content (AvgIpc) is 2.52. The highest BCUT2D eigenvalue weighted by molar-refractivity contribution is 5.52. The third kappa shape index (κ3) is 6.00. The van der Waals surface area contributed by atoms with Crippen LogP contribution in [0.3, 0.4) is 0 Å². The molecule has 0 amide bonds. The third-order valence-electron chi connectivity index (χ3n) is 3.84. The molecule has 0 saturated carbocycles. The number of benzene rings is 2. The molecule has 25 heavy (non-hydrogen) atoms. The fourth-order valence-electron chi connectivity index (χ4n) is 2.57. The van der Waals surface area contributed by atoms with Crippen LogP contribution >= 0.6 is 0 Å². The second-order valence-electron chi connectivity index (χ2n) is 5.91. The van der Waals surface area contributed by atoms with Crippen LogP contribution in [0.1, 0.15) is 35.6 Å². The van der Waals surface area contributed by atoms with E-state index in [0.29, 0.717) is 24.5 Å². The first-order valence-electron chi connectivity index (χ1n) is 8.10. The molecule has 0 atom stereocenters. The molecule has 0 saturated heterocycles. The maximum Gasteiger partial charge on any atom is 0.409 e. The van der Waals surface area contributed by atoms with Gasteiger partial charge in [0, 0.05) is 11.6 Å². The second-order valence-corrected chi connectivity index (χ2v) is 5.91. The maximum absolute atomic E-state index is 13.9. The van der Waals surface area contributed by atoms with Crippen LogP contribution in [0, 0.1) is 11.6 Å². The molecule has 0 aliphatic carbocycles. The normalized spacial score (nSPS) is 12.1. The van der Waals surface area contributed by atoms with Crippen LogP contribution in [0.2, 0.25) is 0 Å². The van der Waals surface area contributed by atoms with E-state index in [2.05, 4.69) is 6.92 Å². The zero-order chi connectivity index (χ0) is 18.4. The topological polar surface area (TPSA) is 0 Å². The number of allylic oxidation sites excluding steroid dienone is 1. The Hall–Kier alpha value is -2.17. The first-order chi connectivity index (χ1) is 11.8. The lowest BCUT2D eigenvalue weighted by Gasteiger charge is -2.07. The minimum Gasteiger partial charge on any atom is -0.206 e. The van der Waals surface area contributed by atoms with Gasteiger partial charge in [-0.05, 0) is 54.2 Å². The maximum atomic E-state index is 13.9. The zero-order valence-corrected chi connectivity index (χ0v) is 13.8. The molecule has 0 N–H and O–H groups in total. The minimum atomic E-state index is -4.61. The van der Waals surface area contributed by atoms with Gasteiger partial charge in [-0.1, -0.05) is 37.6 Å². The molecule has 0 bridgehead atoms. The molecular weight excluding hydrogens is 335 g/mol. The Morgan fingerprint density at radius 2 is 1.28 bits per heavy atom. The van der Waals surface area contributed by atoms with Gasteiger partial charge >= 0.3 is 6.18 Å². The number of aryl methyl sites for hydroxylation is 3. The molecule has 0 nitrogen and oxygen atoms in total. The lowest BCUT2D eigenvalue weighted by Crippen LogP contribution is -2.02. The molecule has 0 spiro atoms. The summed E-state index contributed by atoms with van der Waals surface area (Å²) in [4.78, 5) is 0. The van der Waals surface area contributed by atoms with Gasteiger partial charge in [0.25, 0.3) is 0 Å². The summed E-state index contributed by atoms with van der Waals surface area (Å²) >= 11 is 0. The molecule has 0 unspecified atom stereocenters. The molecule has 0 radical (unpaired) electrons. The van der Waals surface area contributed by atoms with Crippen molar-refractivity contribution in [3.8, 4) is 0 Å². The zero-order valence-electron chi connectivity index (χ0n) is 13.8. The van der Waals surface area contributed by atoms with Gasteiger partial charge in [0.05, 0.1) is 0 Å². The molecule has 0 aliphatic heterocycles. The van der Waals surface area contributed by atoms with Crippen molar-refractivity contribution in [1.29, 1.82) is 0 Å². The van der Waals surface area contributed by atoms with Gasteiger partial charge in [0.2, 0.25) is 0 Å². The van der Waals surface area contributed by atoms with E-state index in [-0.39, 0.29) is 6.08 Å². The predicted molar refractivity (Wildman–Crippen MR) is 89.3 cm³/mol. The SMILES string of the molecule is CCCc1ccc(CCc2cc(F)c(/C=C/C(F)(F)F)c(F)c2)cc1. The van der Waals surface area contributed by atoms with Crippen molar-refractivity contribution < 1.29 is 22.0 Å². The number of alkyl halides is 3. The predicted octanol–water partition coefficient (Wildman–Crippen LogP) is 6.28. The summed E-state index contributed by atoms with van der Waals surface area (Å²) in [5.41, 5.74) is 2.02. The van der Waals surface area contributed by atoms with Crippen LogP contribution in [0.5, 0.6) is 0 Å². The average molecular weight is 354 g/mol. The van der Waals surface area contributed by atoms with Crippen molar-refractivity contribution in [3.63, 3.8) is 0 Å². The van der Waals surface area contributed by atoms with E-state index in [0.717, 1.165) is 30.5 Å². The Kier molecular flexibility index (Phi) is 6.34. The van der Waals surface area contributed by atoms with Gasteiger partial charge in [-0.25, -0.2) is 8.78 Å². The lowest BCUT2D eigenvalue weighted by molar-refractivity contribution is -0.0790. The van der Waals surface area contributed by atoms with Crippen molar-refractivity contribution in [2.24, 2.45) is 0 Å². The van der Waals surface area contributed by atoms with E-state index in [4.69, 9.17) is 0 Å². The number of rotatable bonds is 6. The van der Waals surface area contributed by atoms with Crippen LogP contribution in [0.25, 0.3) is 6.08 Å². The van der Waals surface area contributed by atoms with E-state index in [1.807, 2.05) is 24.3 Å². The molecular formula is C20H19F5. The van der Waals surface area contributed by atoms with E-state index in [1.165, 1.54) is 5.56 Å². The van der Waals surface area contributed by atoms with Crippen LogP contribution in [-0.2, 0) is 19.3 Å². The highest BCUT2D eigenvalue weighted by Crippen LogP contribution is 2.22. The number of hydrogen-bond acceptors (Lipinski definition) is 0. The molecule has 2 aromatic rings. The molecule has 0 aliphatic rings. The highest BCUT2D eigenvalue weighted by atomic mass is 19.4. The van der Waals surface area contributed by atoms with Crippen molar-refractivity contribution >= 4 is 6.08 Å². The van der Waals surface area contributed by atoms with Crippen molar-refractivity contribution in [1.82, 2.24) is 0 Å². The summed E-state index contributed by atoms with van der Waals surface area (Å²) in [6, 6.07) is 10.2. The Morgan fingerprint density at radius 3 is 1.76 bits per heavy atom. The van der Waals surface area contributed by atoms with Crippen LogP contribution in [0.4, 0.5) is 22.0 Å². The molecule has 2 aromatic carbocycles. The van der Waals surface area contributed by atoms with E-state index >= 15 is 0 Å². The molecule has 0 aromatic heterocycles. The summed E-state index contributed by atoms with van der Waals surface area (Å²) in [7, 11) is 0. The standard InChI is InChI=1S/C20H19F5/c1-2-3-14-4-6-15(7-5-14)8-9-16-12-18(21)17(19(22)13-16)10-11-20(23,24)25/h4-7,10-13H,2-3,8-9H2,1H3/b11-10+. The minimum absolute atomic E-state index is 0.175. The van der Waals surface area contributed by atoms with Crippen LogP contribution < -0.4 is 0 Å². The van der Waals surface area contributed by atoms with Gasteiger partial charge in [-0.2, -0.15) is 13.2 Å². The van der Waals surface area contributed by atoms with Gasteiger partial charge < -0.3 is 0 Å². The summed E-state index contributed by atoms with van der Waals surface area (Å²) < 4.78 is 64.2. The third-order valence-corrected chi connectivity index (χ3v) is 3.84. The van der Waals surface area contributed by atoms with Crippen LogP contribution in [-0.4, -0.2) is 6.18 Å². The Balaban J connectivity index is 2.07. The molecule has 0 fully saturated rings. The monoisotopic (exact) mass is 354 g/mol. The van der Waals surface area contributed by atoms with Gasteiger partial charge in [0.15, 0.2) is 0 Å². The largest absolute Gasteiger partial charge is 0.409 e. The fourth-order valence-corrected chi connectivity index (χ4v) is 2.57. The van der Waals surface area contributed by atoms with Crippen molar-refractivity contribution in [3.05, 3.63) is 76.4 Å². The van der Waals surface area contributed by atoms with Gasteiger partial charge in [-0.15, -0.1) is 0 Å². The Bertz CT molecular complexity index is 704. The number of hydrogen-bond donors (Lipinski definition) is 0. The lowest BCUT2D eigenvalue weighted by atomic mass is 10.0. The van der Waals surface area contributed by atoms with Gasteiger partial charge in [-0.3, -0.25) is 0 Å². The first kappa shape index (κ1) is 19.2. The van der Waals surface area contributed by atoms with E-state index < -0.39 is 23.4 Å². The summed E-state index contributed by atoms with van der Waals surface area (Å²) in [6.45, 7) is 2.10. The summed E-state index contributed by atoms with van der Waals surface area (Å²) in [5.74, 6) is -1.98. The Labute approximate surface area is 144 Å². The summed E-state index contributed by atoms with van der Waals surface area (Å²) in [6.07, 6.45) is -1.29. The van der Waals surface area contributed by atoms with Crippen molar-refractivity contribution in [2.75, 3.05) is 0 Å². The number of halogens is 5. The molecule has 5 heteroatoms.